The lowest BCUT2D eigenvalue weighted by Crippen LogP contribution is -2.60. The van der Waals surface area contributed by atoms with E-state index < -0.39 is 49.5 Å². The van der Waals surface area contributed by atoms with E-state index >= 15 is 0 Å². The van der Waals surface area contributed by atoms with Crippen LogP contribution in [-0.2, 0) is 23.8 Å². The van der Waals surface area contributed by atoms with Gasteiger partial charge in [0.1, 0.15) is 24.4 Å². The van der Waals surface area contributed by atoms with Crippen LogP contribution in [0.2, 0.25) is 0 Å². The van der Waals surface area contributed by atoms with Gasteiger partial charge < -0.3 is 45.1 Å². The molecule has 1 heterocycles. The highest BCUT2D eigenvalue weighted by Crippen LogP contribution is 2.22. The van der Waals surface area contributed by atoms with Crippen LogP contribution in [0, 0.1) is 0 Å². The van der Waals surface area contributed by atoms with Gasteiger partial charge in [0.2, 0.25) is 5.91 Å². The van der Waals surface area contributed by atoms with E-state index in [0.29, 0.717) is 32.3 Å². The fraction of sp³-hybridized carbons (Fsp3) is 0.750. The molecule has 0 aromatic rings. The maximum absolute atomic E-state index is 13.0. The number of hydrogen-bond acceptors (Lipinski definition) is 10. The van der Waals surface area contributed by atoms with E-state index in [2.05, 4.69) is 79.9 Å². The van der Waals surface area contributed by atoms with Crippen molar-refractivity contribution in [2.24, 2.45) is 0 Å². The lowest BCUT2D eigenvalue weighted by Gasteiger charge is -2.40. The number of aliphatic hydroxyl groups excluding tert-OH is 5. The molecule has 11 nitrogen and oxygen atoms in total. The Morgan fingerprint density at radius 1 is 0.567 bits per heavy atom. The van der Waals surface area contributed by atoms with Crippen molar-refractivity contribution < 1.29 is 49.3 Å². The van der Waals surface area contributed by atoms with Crippen molar-refractivity contribution in [1.29, 1.82) is 0 Å². The predicted molar refractivity (Wildman–Crippen MR) is 273 cm³/mol. The summed E-state index contributed by atoms with van der Waals surface area (Å²) in [4.78, 5) is 25.0. The zero-order chi connectivity index (χ0) is 48.8. The monoisotopic (exact) mass is 944 g/mol. The summed E-state index contributed by atoms with van der Waals surface area (Å²) in [7, 11) is 0. The summed E-state index contributed by atoms with van der Waals surface area (Å²) in [5.74, 6) is -0.277. The van der Waals surface area contributed by atoms with Crippen LogP contribution in [0.3, 0.4) is 0 Å². The first kappa shape index (κ1) is 62.1. The number of carbonyl (C=O) groups excluding carboxylic acids is 2. The molecule has 1 rings (SSSR count). The molecule has 0 aliphatic carbocycles. The van der Waals surface area contributed by atoms with Crippen LogP contribution >= 0.6 is 0 Å². The van der Waals surface area contributed by atoms with Crippen molar-refractivity contribution in [1.82, 2.24) is 5.32 Å². The van der Waals surface area contributed by atoms with Gasteiger partial charge in [0, 0.05) is 12.8 Å². The molecule has 1 aliphatic heterocycles. The summed E-state index contributed by atoms with van der Waals surface area (Å²) in [6, 6.07) is -0.852. The minimum atomic E-state index is -1.59. The van der Waals surface area contributed by atoms with E-state index in [9.17, 15) is 35.1 Å². The average Bonchev–Trinajstić information content (AvgIpc) is 3.32. The lowest BCUT2D eigenvalue weighted by atomic mass is 9.99. The molecule has 7 unspecified atom stereocenters. The molecule has 7 atom stereocenters. The van der Waals surface area contributed by atoms with Gasteiger partial charge in [0.05, 0.1) is 32.0 Å². The summed E-state index contributed by atoms with van der Waals surface area (Å²) in [6.07, 6.45) is 48.5. The van der Waals surface area contributed by atoms with Crippen LogP contribution in [0.25, 0.3) is 0 Å². The highest BCUT2D eigenvalue weighted by molar-refractivity contribution is 5.76. The second kappa shape index (κ2) is 45.5. The number of aliphatic hydroxyl groups is 5. The molecule has 1 aliphatic rings. The number of esters is 1. The van der Waals surface area contributed by atoms with E-state index in [1.807, 2.05) is 6.08 Å². The molecule has 0 radical (unpaired) electrons. The van der Waals surface area contributed by atoms with Gasteiger partial charge in [-0.15, -0.1) is 0 Å². The summed E-state index contributed by atoms with van der Waals surface area (Å²) < 4.78 is 16.6. The molecular weight excluding hydrogens is 847 g/mol. The molecule has 0 bridgehead atoms. The molecule has 0 aromatic carbocycles. The quantitative estimate of drug-likeness (QED) is 0.0149. The molecule has 0 spiro atoms. The smallest absolute Gasteiger partial charge is 0.305 e. The van der Waals surface area contributed by atoms with Crippen molar-refractivity contribution in [2.45, 2.75) is 249 Å². The highest BCUT2D eigenvalue weighted by Gasteiger charge is 2.44. The second-order valence-electron chi connectivity index (χ2n) is 18.2. The SMILES string of the molecule is CC/C=C/CC/C=C/CC/C=C/C(O)C(COC1OC(CO)C(O)C(O)C1O)NC(=O)CCCCCCCC/C=C\C=C/CCCCCOC(=O)CCCCCCC/C=C\CCCCCCC. The van der Waals surface area contributed by atoms with Crippen LogP contribution in [0.15, 0.2) is 72.9 Å². The van der Waals surface area contributed by atoms with E-state index in [4.69, 9.17) is 14.2 Å². The Labute approximate surface area is 407 Å². The van der Waals surface area contributed by atoms with Crippen LogP contribution in [0.1, 0.15) is 206 Å². The Morgan fingerprint density at radius 2 is 1.06 bits per heavy atom. The Bertz CT molecular complexity index is 1340. The minimum Gasteiger partial charge on any atom is -0.466 e. The van der Waals surface area contributed by atoms with E-state index in [0.717, 1.165) is 103 Å². The largest absolute Gasteiger partial charge is 0.466 e. The minimum absolute atomic E-state index is 0.0526. The third-order valence-corrected chi connectivity index (χ3v) is 12.0. The number of unbranched alkanes of at least 4 members (excludes halogenated alkanes) is 21. The molecule has 386 valence electrons. The van der Waals surface area contributed by atoms with Gasteiger partial charge in [-0.2, -0.15) is 0 Å². The number of nitrogens with one attached hydrogen (secondary N) is 1. The number of carbonyl (C=O) groups is 2. The standard InChI is InChI=1S/C56H97NO10/c1-3-5-7-9-11-13-15-16-21-24-28-32-36-40-44-52(61)65-45-41-37-33-29-25-22-19-17-18-20-23-27-31-35-39-43-51(60)57-48(47-66-56-55(64)54(63)53(62)50(46-58)67-56)49(59)42-38-34-30-26-14-12-10-8-6-4-2/h6,8,14-17,19,22,25-26,38,42,48-50,53-56,58-59,62-64H,3-5,7,9-13,18,20-21,23-24,27-37,39-41,43-47H2,1-2H3,(H,57,60)/b8-6+,16-15-,19-17-,25-22-,26-14+,42-38+. The number of allylic oxidation sites excluding steroid dienone is 11. The first-order chi connectivity index (χ1) is 32.7. The average molecular weight is 944 g/mol. The van der Waals surface area contributed by atoms with Gasteiger partial charge in [0.25, 0.3) is 0 Å². The van der Waals surface area contributed by atoms with Gasteiger partial charge in [0.15, 0.2) is 6.29 Å². The molecule has 0 aromatic heterocycles. The molecule has 1 amide bonds. The van der Waals surface area contributed by atoms with E-state index in [1.165, 1.54) is 64.2 Å². The highest BCUT2D eigenvalue weighted by atomic mass is 16.7. The normalized spacial score (nSPS) is 20.1. The van der Waals surface area contributed by atoms with Gasteiger partial charge in [-0.1, -0.05) is 157 Å². The Balaban J connectivity index is 2.16. The molecule has 1 fully saturated rings. The van der Waals surface area contributed by atoms with Crippen molar-refractivity contribution in [3.8, 4) is 0 Å². The third-order valence-electron chi connectivity index (χ3n) is 12.0. The Morgan fingerprint density at radius 3 is 1.64 bits per heavy atom. The van der Waals surface area contributed by atoms with Gasteiger partial charge in [-0.3, -0.25) is 9.59 Å². The number of rotatable bonds is 44. The second-order valence-corrected chi connectivity index (χ2v) is 18.2. The number of ether oxygens (including phenoxy) is 3. The zero-order valence-corrected chi connectivity index (χ0v) is 42.1. The van der Waals surface area contributed by atoms with Crippen molar-refractivity contribution >= 4 is 11.9 Å². The molecule has 67 heavy (non-hydrogen) atoms. The fourth-order valence-corrected chi connectivity index (χ4v) is 7.75. The topological polar surface area (TPSA) is 175 Å². The van der Waals surface area contributed by atoms with Gasteiger partial charge >= 0.3 is 5.97 Å². The van der Waals surface area contributed by atoms with E-state index in [-0.39, 0.29) is 18.5 Å². The van der Waals surface area contributed by atoms with Crippen LogP contribution < -0.4 is 5.32 Å². The number of amides is 1. The van der Waals surface area contributed by atoms with Crippen molar-refractivity contribution in [2.75, 3.05) is 19.8 Å². The van der Waals surface area contributed by atoms with E-state index in [1.54, 1.807) is 6.08 Å². The first-order valence-electron chi connectivity index (χ1n) is 26.7. The third kappa shape index (κ3) is 35.8. The zero-order valence-electron chi connectivity index (χ0n) is 42.1. The van der Waals surface area contributed by atoms with Crippen molar-refractivity contribution in [3.63, 3.8) is 0 Å². The van der Waals surface area contributed by atoms with Gasteiger partial charge in [-0.05, 0) is 109 Å². The molecule has 0 saturated carbocycles. The first-order valence-corrected chi connectivity index (χ1v) is 26.7. The summed E-state index contributed by atoms with van der Waals surface area (Å²) in [5.41, 5.74) is 0. The Kier molecular flexibility index (Phi) is 42.2. The lowest BCUT2D eigenvalue weighted by molar-refractivity contribution is -0.302. The summed E-state index contributed by atoms with van der Waals surface area (Å²) >= 11 is 0. The van der Waals surface area contributed by atoms with Crippen molar-refractivity contribution in [3.05, 3.63) is 72.9 Å². The van der Waals surface area contributed by atoms with Crippen LogP contribution in [0.5, 0.6) is 0 Å². The predicted octanol–water partition coefficient (Wildman–Crippen LogP) is 11.3. The van der Waals surface area contributed by atoms with Crippen LogP contribution in [0.4, 0.5) is 0 Å². The van der Waals surface area contributed by atoms with Crippen LogP contribution in [-0.4, -0.2) is 100 Å². The Hall–Kier alpha value is -2.90. The maximum atomic E-state index is 13.0. The summed E-state index contributed by atoms with van der Waals surface area (Å²) in [5, 5.41) is 54.1. The fourth-order valence-electron chi connectivity index (χ4n) is 7.75. The number of hydrogen-bond donors (Lipinski definition) is 6. The van der Waals surface area contributed by atoms with Gasteiger partial charge in [-0.25, -0.2) is 0 Å². The molecule has 11 heteroatoms. The molecule has 1 saturated heterocycles. The maximum Gasteiger partial charge on any atom is 0.305 e. The molecular formula is C56H97NO10. The molecule has 6 N–H and O–H groups in total. The summed E-state index contributed by atoms with van der Waals surface area (Å²) in [6.45, 7) is 4.08.